The van der Waals surface area contributed by atoms with E-state index in [-0.39, 0.29) is 6.54 Å². The van der Waals surface area contributed by atoms with Gasteiger partial charge in [0.05, 0.1) is 6.54 Å². The van der Waals surface area contributed by atoms with Gasteiger partial charge in [0.25, 0.3) is 0 Å². The van der Waals surface area contributed by atoms with Gasteiger partial charge in [-0.3, -0.25) is 0 Å². The predicted octanol–water partition coefficient (Wildman–Crippen LogP) is 3.31. The van der Waals surface area contributed by atoms with E-state index in [1.165, 1.54) is 0 Å². The molecule has 0 radical (unpaired) electrons. The second-order valence-electron chi connectivity index (χ2n) is 1.97. The largest absolute Gasteiger partial charge is 0.229 e. The first-order valence-corrected chi connectivity index (χ1v) is 4.23. The third kappa shape index (κ3) is 2.37. The summed E-state index contributed by atoms with van der Waals surface area (Å²) in [6, 6.07) is 3.50. The molecule has 0 aliphatic heterocycles. The second-order valence-corrected chi connectivity index (χ2v) is 3.14. The Morgan fingerprint density at radius 1 is 1.67 bits per heavy atom. The molecule has 0 aliphatic carbocycles. The van der Waals surface area contributed by atoms with Crippen LogP contribution in [0.25, 0.3) is 10.4 Å². The molecule has 1 aromatic rings. The van der Waals surface area contributed by atoms with Crippen LogP contribution in [0, 0.1) is 0 Å². The molecule has 6 heteroatoms. The van der Waals surface area contributed by atoms with Gasteiger partial charge in [0.15, 0.2) is 0 Å². The van der Waals surface area contributed by atoms with Crippen molar-refractivity contribution >= 4 is 27.5 Å². The number of hydrogen-bond donors (Lipinski definition) is 0. The van der Waals surface area contributed by atoms with Crippen LogP contribution >= 0.6 is 27.5 Å². The highest BCUT2D eigenvalue weighted by Crippen LogP contribution is 2.17. The van der Waals surface area contributed by atoms with Gasteiger partial charge < -0.3 is 0 Å². The fourth-order valence-corrected chi connectivity index (χ4v) is 1.29. The number of halogens is 2. The van der Waals surface area contributed by atoms with E-state index in [0.717, 1.165) is 5.56 Å². The number of aromatic nitrogens is 1. The molecule has 0 atom stereocenters. The van der Waals surface area contributed by atoms with Gasteiger partial charge >= 0.3 is 0 Å². The summed E-state index contributed by atoms with van der Waals surface area (Å²) in [5.74, 6) is 0. The van der Waals surface area contributed by atoms with E-state index >= 15 is 0 Å². The minimum atomic E-state index is 0.232. The van der Waals surface area contributed by atoms with E-state index in [1.807, 2.05) is 0 Å². The zero-order valence-corrected chi connectivity index (χ0v) is 8.25. The number of rotatable bonds is 2. The van der Waals surface area contributed by atoms with Gasteiger partial charge in [-0.05, 0) is 33.1 Å². The molecule has 0 N–H and O–H groups in total. The van der Waals surface area contributed by atoms with E-state index < -0.39 is 0 Å². The lowest BCUT2D eigenvalue weighted by atomic mass is 10.3. The minimum absolute atomic E-state index is 0.232. The van der Waals surface area contributed by atoms with Crippen molar-refractivity contribution in [1.29, 1.82) is 0 Å². The van der Waals surface area contributed by atoms with Crippen LogP contribution in [0.1, 0.15) is 5.56 Å². The zero-order chi connectivity index (χ0) is 8.97. The van der Waals surface area contributed by atoms with Crippen LogP contribution in [0.2, 0.25) is 5.15 Å². The van der Waals surface area contributed by atoms with Crippen molar-refractivity contribution in [3.63, 3.8) is 0 Å². The highest BCUT2D eigenvalue weighted by Gasteiger charge is 1.99. The van der Waals surface area contributed by atoms with Gasteiger partial charge in [-0.1, -0.05) is 22.8 Å². The highest BCUT2D eigenvalue weighted by molar-refractivity contribution is 9.10. The molecule has 1 rings (SSSR count). The Hall–Kier alpha value is -0.770. The molecule has 62 valence electrons. The molecule has 1 heterocycles. The maximum atomic E-state index is 8.06. The lowest BCUT2D eigenvalue weighted by Gasteiger charge is -1.98. The smallest absolute Gasteiger partial charge is 0.133 e. The maximum absolute atomic E-state index is 8.06. The number of hydrogen-bond acceptors (Lipinski definition) is 2. The van der Waals surface area contributed by atoms with Gasteiger partial charge in [-0.25, -0.2) is 4.98 Å². The lowest BCUT2D eigenvalue weighted by Crippen LogP contribution is -1.86. The Labute approximate surface area is 82.3 Å². The van der Waals surface area contributed by atoms with Crippen molar-refractivity contribution in [2.45, 2.75) is 6.54 Å². The van der Waals surface area contributed by atoms with Crippen molar-refractivity contribution in [2.24, 2.45) is 5.11 Å². The Morgan fingerprint density at radius 2 is 2.42 bits per heavy atom. The Bertz CT molecular complexity index is 334. The Morgan fingerprint density at radius 3 is 3.00 bits per heavy atom. The first kappa shape index (κ1) is 9.32. The molecule has 12 heavy (non-hydrogen) atoms. The molecule has 4 nitrogen and oxygen atoms in total. The lowest BCUT2D eigenvalue weighted by molar-refractivity contribution is 1.02. The molecule has 0 unspecified atom stereocenters. The van der Waals surface area contributed by atoms with Crippen LogP contribution < -0.4 is 0 Å². The third-order valence-corrected chi connectivity index (χ3v) is 1.97. The summed E-state index contributed by atoms with van der Waals surface area (Å²) in [6.07, 6.45) is 0. The summed E-state index contributed by atoms with van der Waals surface area (Å²) in [6.45, 7) is 0.232. The van der Waals surface area contributed by atoms with Crippen molar-refractivity contribution < 1.29 is 0 Å². The van der Waals surface area contributed by atoms with Crippen molar-refractivity contribution in [3.8, 4) is 0 Å². The number of nitrogens with zero attached hydrogens (tertiary/aromatic N) is 4. The van der Waals surface area contributed by atoms with Gasteiger partial charge in [-0.2, -0.15) is 0 Å². The zero-order valence-electron chi connectivity index (χ0n) is 5.91. The Balaban J connectivity index is 2.93. The Kier molecular flexibility index (Phi) is 3.34. The SMILES string of the molecule is [N-]=[N+]=NCc1ccc(Br)nc1Cl. The van der Waals surface area contributed by atoms with Gasteiger partial charge in [0, 0.05) is 4.91 Å². The summed E-state index contributed by atoms with van der Waals surface area (Å²) < 4.78 is 0.664. The molecule has 0 saturated heterocycles. The van der Waals surface area contributed by atoms with E-state index in [1.54, 1.807) is 12.1 Å². The third-order valence-electron chi connectivity index (χ3n) is 1.20. The van der Waals surface area contributed by atoms with Crippen LogP contribution in [-0.4, -0.2) is 4.98 Å². The van der Waals surface area contributed by atoms with Crippen molar-refractivity contribution in [3.05, 3.63) is 37.9 Å². The summed E-state index contributed by atoms with van der Waals surface area (Å²) >= 11 is 8.91. The molecule has 0 aromatic carbocycles. The fraction of sp³-hybridized carbons (Fsp3) is 0.167. The van der Waals surface area contributed by atoms with Crippen LogP contribution in [0.3, 0.4) is 0 Å². The summed E-state index contributed by atoms with van der Waals surface area (Å²) in [5, 5.41) is 3.73. The average Bonchev–Trinajstić information content (AvgIpc) is 2.03. The first-order chi connectivity index (χ1) is 5.74. The molecule has 0 bridgehead atoms. The van der Waals surface area contributed by atoms with E-state index in [2.05, 4.69) is 30.9 Å². The predicted molar refractivity (Wildman–Crippen MR) is 49.8 cm³/mol. The summed E-state index contributed by atoms with van der Waals surface area (Å²) in [4.78, 5) is 6.55. The summed E-state index contributed by atoms with van der Waals surface area (Å²) in [5.41, 5.74) is 8.78. The van der Waals surface area contributed by atoms with Crippen LogP contribution in [0.4, 0.5) is 0 Å². The quantitative estimate of drug-likeness (QED) is 0.342. The van der Waals surface area contributed by atoms with Gasteiger partial charge in [0.2, 0.25) is 0 Å². The van der Waals surface area contributed by atoms with E-state index in [0.29, 0.717) is 9.76 Å². The van der Waals surface area contributed by atoms with Crippen LogP contribution in [-0.2, 0) is 6.54 Å². The molecular formula is C6H4BrClN4. The molecular weight excluding hydrogens is 243 g/mol. The molecule has 0 aliphatic rings. The van der Waals surface area contributed by atoms with Crippen molar-refractivity contribution in [2.75, 3.05) is 0 Å². The normalized spacial score (nSPS) is 9.17. The topological polar surface area (TPSA) is 61.7 Å². The van der Waals surface area contributed by atoms with Gasteiger partial charge in [0.1, 0.15) is 9.76 Å². The number of azide groups is 1. The highest BCUT2D eigenvalue weighted by atomic mass is 79.9. The average molecular weight is 247 g/mol. The monoisotopic (exact) mass is 246 g/mol. The molecule has 0 saturated carbocycles. The minimum Gasteiger partial charge on any atom is -0.229 e. The molecule has 0 amide bonds. The molecule has 1 aromatic heterocycles. The van der Waals surface area contributed by atoms with Crippen LogP contribution in [0.5, 0.6) is 0 Å². The van der Waals surface area contributed by atoms with Gasteiger partial charge in [-0.15, -0.1) is 0 Å². The van der Waals surface area contributed by atoms with E-state index in [9.17, 15) is 0 Å². The first-order valence-electron chi connectivity index (χ1n) is 3.06. The standard InChI is InChI=1S/C6H4BrClN4/c7-5-2-1-4(3-10-12-9)6(8)11-5/h1-2H,3H2. The van der Waals surface area contributed by atoms with E-state index in [4.69, 9.17) is 17.1 Å². The molecule has 0 fully saturated rings. The molecule has 0 spiro atoms. The fourth-order valence-electron chi connectivity index (χ4n) is 0.667. The maximum Gasteiger partial charge on any atom is 0.133 e. The van der Waals surface area contributed by atoms with Crippen molar-refractivity contribution in [1.82, 2.24) is 4.98 Å². The number of pyridine rings is 1. The van der Waals surface area contributed by atoms with Crippen LogP contribution in [0.15, 0.2) is 21.9 Å². The summed E-state index contributed by atoms with van der Waals surface area (Å²) in [7, 11) is 0. The second kappa shape index (κ2) is 4.30.